The molecular formula is C27H36N6O2. The fraction of sp³-hybridized carbons (Fsp3) is 0.407. The van der Waals surface area contributed by atoms with Crippen LogP contribution in [0.2, 0.25) is 0 Å². The number of amides is 1. The highest BCUT2D eigenvalue weighted by atomic mass is 16.3. The van der Waals surface area contributed by atoms with E-state index in [1.807, 2.05) is 41.1 Å². The van der Waals surface area contributed by atoms with Crippen molar-refractivity contribution in [3.8, 4) is 0 Å². The Morgan fingerprint density at radius 3 is 2.43 bits per heavy atom. The second-order valence-electron chi connectivity index (χ2n) is 9.86. The number of hydrogen-bond acceptors (Lipinski definition) is 6. The summed E-state index contributed by atoms with van der Waals surface area (Å²) in [4.78, 5) is 16.5. The Morgan fingerprint density at radius 1 is 1.03 bits per heavy atom. The molecule has 1 amide bonds. The fourth-order valence-electron chi connectivity index (χ4n) is 4.25. The molecule has 1 aliphatic rings. The predicted molar refractivity (Wildman–Crippen MR) is 140 cm³/mol. The van der Waals surface area contributed by atoms with Crippen LogP contribution in [0, 0.1) is 5.92 Å². The maximum Gasteiger partial charge on any atom is 0.264 e. The second-order valence-corrected chi connectivity index (χ2v) is 9.86. The molecule has 2 aromatic carbocycles. The lowest BCUT2D eigenvalue weighted by Crippen LogP contribution is -2.54. The van der Waals surface area contributed by atoms with Gasteiger partial charge in [0.05, 0.1) is 6.54 Å². The number of aliphatic hydroxyl groups excluding tert-OH is 1. The summed E-state index contributed by atoms with van der Waals surface area (Å²) < 4.78 is 1.84. The van der Waals surface area contributed by atoms with Gasteiger partial charge >= 0.3 is 0 Å². The van der Waals surface area contributed by atoms with Crippen LogP contribution in [0.15, 0.2) is 54.6 Å². The van der Waals surface area contributed by atoms with E-state index in [0.717, 1.165) is 17.8 Å². The van der Waals surface area contributed by atoms with Crippen LogP contribution in [0.5, 0.6) is 0 Å². The number of carbonyl (C=O) groups is 1. The van der Waals surface area contributed by atoms with Gasteiger partial charge in [0.1, 0.15) is 11.4 Å². The number of benzene rings is 2. The standard InChI is InChI=1S/C27H36N6O2/c1-18(2)16-32-25-23(26(34)31(5)27(32)35)24(29-22-12-7-6-8-13-22)33(30-25)17-21-11-9-10-20(14-21)15-28-19(3)4/h6-14,18-19,27-29,35H,15-17H2,1-5H3. The van der Waals surface area contributed by atoms with Crippen LogP contribution in [0.4, 0.5) is 17.3 Å². The first kappa shape index (κ1) is 24.8. The Kier molecular flexibility index (Phi) is 7.42. The smallest absolute Gasteiger partial charge is 0.264 e. The highest BCUT2D eigenvalue weighted by Gasteiger charge is 2.40. The lowest BCUT2D eigenvalue weighted by atomic mass is 10.1. The molecule has 4 rings (SSSR count). The van der Waals surface area contributed by atoms with Crippen molar-refractivity contribution in [2.24, 2.45) is 5.92 Å². The van der Waals surface area contributed by atoms with Gasteiger partial charge in [-0.25, -0.2) is 4.68 Å². The van der Waals surface area contributed by atoms with Gasteiger partial charge < -0.3 is 20.6 Å². The molecule has 0 bridgehead atoms. The van der Waals surface area contributed by atoms with Gasteiger partial charge in [0.25, 0.3) is 5.91 Å². The largest absolute Gasteiger partial charge is 0.356 e. The highest BCUT2D eigenvalue weighted by molar-refractivity contribution is 6.06. The molecule has 0 saturated carbocycles. The summed E-state index contributed by atoms with van der Waals surface area (Å²) in [5.74, 6) is 1.15. The number of aromatic nitrogens is 2. The summed E-state index contributed by atoms with van der Waals surface area (Å²) >= 11 is 0. The van der Waals surface area contributed by atoms with Gasteiger partial charge in [0.15, 0.2) is 5.82 Å². The number of fused-ring (bicyclic) bond motifs is 1. The van der Waals surface area contributed by atoms with Gasteiger partial charge in [-0.1, -0.05) is 70.2 Å². The van der Waals surface area contributed by atoms with Gasteiger partial charge in [0, 0.05) is 31.9 Å². The summed E-state index contributed by atoms with van der Waals surface area (Å²) in [5, 5.41) is 22.6. The molecule has 186 valence electrons. The zero-order valence-corrected chi connectivity index (χ0v) is 21.2. The van der Waals surface area contributed by atoms with E-state index in [-0.39, 0.29) is 11.8 Å². The molecule has 1 unspecified atom stereocenters. The highest BCUT2D eigenvalue weighted by Crippen LogP contribution is 2.36. The molecule has 8 nitrogen and oxygen atoms in total. The summed E-state index contributed by atoms with van der Waals surface area (Å²) in [6.45, 7) is 10.3. The Morgan fingerprint density at radius 2 is 1.74 bits per heavy atom. The molecular weight excluding hydrogens is 440 g/mol. The SMILES string of the molecule is CC(C)CN1c2nn(Cc3cccc(CNC(C)C)c3)c(Nc3ccccc3)c2C(=O)N(C)C1O. The Hall–Kier alpha value is -3.36. The summed E-state index contributed by atoms with van der Waals surface area (Å²) in [6, 6.07) is 18.6. The number of aliphatic hydroxyl groups is 1. The van der Waals surface area contributed by atoms with Crippen LogP contribution in [0.25, 0.3) is 0 Å². The van der Waals surface area contributed by atoms with Crippen LogP contribution in [-0.2, 0) is 13.1 Å². The van der Waals surface area contributed by atoms with Gasteiger partial charge in [-0.3, -0.25) is 9.69 Å². The third kappa shape index (κ3) is 5.49. The first-order chi connectivity index (χ1) is 16.7. The van der Waals surface area contributed by atoms with Crippen molar-refractivity contribution in [2.45, 2.75) is 53.2 Å². The zero-order chi connectivity index (χ0) is 25.1. The number of nitrogens with one attached hydrogen (secondary N) is 2. The molecule has 0 saturated heterocycles. The van der Waals surface area contributed by atoms with Crippen LogP contribution in [-0.4, -0.2) is 51.7 Å². The molecule has 1 atom stereocenters. The quantitative estimate of drug-likeness (QED) is 0.433. The Balaban J connectivity index is 1.77. The molecule has 8 heteroatoms. The minimum absolute atomic E-state index is 0.257. The minimum Gasteiger partial charge on any atom is -0.356 e. The normalized spacial score (nSPS) is 15.8. The van der Waals surface area contributed by atoms with Crippen molar-refractivity contribution in [3.63, 3.8) is 0 Å². The fourth-order valence-corrected chi connectivity index (χ4v) is 4.25. The van der Waals surface area contributed by atoms with E-state index in [1.54, 1.807) is 11.9 Å². The van der Waals surface area contributed by atoms with Crippen molar-refractivity contribution < 1.29 is 9.90 Å². The lowest BCUT2D eigenvalue weighted by molar-refractivity contribution is 0.0124. The number of para-hydroxylation sites is 1. The molecule has 3 N–H and O–H groups in total. The monoisotopic (exact) mass is 476 g/mol. The molecule has 0 spiro atoms. The van der Waals surface area contributed by atoms with E-state index >= 15 is 0 Å². The first-order valence-corrected chi connectivity index (χ1v) is 12.2. The molecule has 2 heterocycles. The van der Waals surface area contributed by atoms with Crippen molar-refractivity contribution in [3.05, 3.63) is 71.3 Å². The van der Waals surface area contributed by atoms with E-state index in [1.165, 1.54) is 10.5 Å². The van der Waals surface area contributed by atoms with E-state index in [0.29, 0.717) is 36.3 Å². The topological polar surface area (TPSA) is 85.7 Å². The minimum atomic E-state index is -1.06. The molecule has 0 aliphatic carbocycles. The molecule has 1 aliphatic heterocycles. The number of rotatable bonds is 9. The number of carbonyl (C=O) groups excluding carboxylic acids is 1. The number of nitrogens with zero attached hydrogens (tertiary/aromatic N) is 4. The van der Waals surface area contributed by atoms with Gasteiger partial charge in [-0.2, -0.15) is 5.10 Å². The average Bonchev–Trinajstić information content (AvgIpc) is 3.17. The van der Waals surface area contributed by atoms with Crippen LogP contribution < -0.4 is 15.5 Å². The molecule has 0 radical (unpaired) electrons. The van der Waals surface area contributed by atoms with Crippen LogP contribution >= 0.6 is 0 Å². The van der Waals surface area contributed by atoms with E-state index in [9.17, 15) is 9.90 Å². The summed E-state index contributed by atoms with van der Waals surface area (Å²) in [5.41, 5.74) is 3.61. The van der Waals surface area contributed by atoms with Gasteiger partial charge in [-0.15, -0.1) is 0 Å². The predicted octanol–water partition coefficient (Wildman–Crippen LogP) is 4.00. The van der Waals surface area contributed by atoms with Crippen LogP contribution in [0.1, 0.15) is 49.2 Å². The molecule has 35 heavy (non-hydrogen) atoms. The maximum atomic E-state index is 13.4. The van der Waals surface area contributed by atoms with E-state index in [2.05, 4.69) is 56.5 Å². The van der Waals surface area contributed by atoms with Gasteiger partial charge in [0.2, 0.25) is 6.35 Å². The van der Waals surface area contributed by atoms with Crippen molar-refractivity contribution in [1.29, 1.82) is 0 Å². The first-order valence-electron chi connectivity index (χ1n) is 12.2. The molecule has 3 aromatic rings. The second kappa shape index (κ2) is 10.5. The number of anilines is 3. The van der Waals surface area contributed by atoms with Crippen LogP contribution in [0.3, 0.4) is 0 Å². The lowest BCUT2D eigenvalue weighted by Gasteiger charge is -2.39. The Bertz CT molecular complexity index is 1160. The average molecular weight is 477 g/mol. The third-order valence-corrected chi connectivity index (χ3v) is 6.00. The van der Waals surface area contributed by atoms with E-state index in [4.69, 9.17) is 5.10 Å². The Labute approximate surface area is 207 Å². The maximum absolute atomic E-state index is 13.4. The van der Waals surface area contributed by atoms with Crippen molar-refractivity contribution >= 4 is 23.2 Å². The summed E-state index contributed by atoms with van der Waals surface area (Å²) in [6.07, 6.45) is -1.06. The molecule has 1 aromatic heterocycles. The van der Waals surface area contributed by atoms with Gasteiger partial charge in [-0.05, 0) is 29.2 Å². The van der Waals surface area contributed by atoms with Crippen molar-refractivity contribution in [2.75, 3.05) is 23.8 Å². The third-order valence-electron chi connectivity index (χ3n) is 6.00. The van der Waals surface area contributed by atoms with Crippen molar-refractivity contribution in [1.82, 2.24) is 20.0 Å². The van der Waals surface area contributed by atoms with E-state index < -0.39 is 6.35 Å². The zero-order valence-electron chi connectivity index (χ0n) is 21.2. The molecule has 0 fully saturated rings. The number of hydrogen-bond donors (Lipinski definition) is 3. The summed E-state index contributed by atoms with van der Waals surface area (Å²) in [7, 11) is 1.62.